The fourth-order valence-corrected chi connectivity index (χ4v) is 1.21. The van der Waals surface area contributed by atoms with E-state index < -0.39 is 23.8 Å². The molecule has 8 nitrogen and oxygen atoms in total. The van der Waals surface area contributed by atoms with Gasteiger partial charge in [-0.25, -0.2) is 0 Å². The molecule has 0 aliphatic rings. The molecule has 0 aromatic heterocycles. The Morgan fingerprint density at radius 3 is 2.58 bits per heavy atom. The molecule has 0 spiro atoms. The van der Waals surface area contributed by atoms with Crippen molar-refractivity contribution in [3.05, 3.63) is 5.53 Å². The van der Waals surface area contributed by atoms with E-state index in [2.05, 4.69) is 14.8 Å². The smallest absolute Gasteiger partial charge is 0.323 e. The van der Waals surface area contributed by atoms with E-state index in [-0.39, 0.29) is 26.2 Å². The number of ether oxygens (including phenoxy) is 2. The zero-order chi connectivity index (χ0) is 14.7. The normalized spacial score (nSPS) is 11.1. The molecule has 0 rings (SSSR count). The van der Waals surface area contributed by atoms with Crippen LogP contribution in [0.4, 0.5) is 0 Å². The second kappa shape index (κ2) is 9.93. The van der Waals surface area contributed by atoms with Crippen LogP contribution in [-0.4, -0.2) is 48.1 Å². The van der Waals surface area contributed by atoms with E-state index >= 15 is 0 Å². The molecule has 19 heavy (non-hydrogen) atoms. The molecule has 0 amide bonds. The Bertz CT molecular complexity index is 377. The minimum atomic E-state index is -0.768. The molecule has 0 aromatic carbocycles. The van der Waals surface area contributed by atoms with Crippen molar-refractivity contribution in [2.75, 3.05) is 13.3 Å². The predicted octanol–water partition coefficient (Wildman–Crippen LogP) is -0.322. The molecule has 1 unspecified atom stereocenters. The highest BCUT2D eigenvalue weighted by Gasteiger charge is 2.21. The van der Waals surface area contributed by atoms with Gasteiger partial charge in [0.05, 0.1) is 6.61 Å². The number of nitrogens with zero attached hydrogens (tertiary/aromatic N) is 2. The summed E-state index contributed by atoms with van der Waals surface area (Å²) < 4.78 is 9.46. The summed E-state index contributed by atoms with van der Waals surface area (Å²) in [5.74, 6) is -1.45. The first-order valence-corrected chi connectivity index (χ1v) is 5.74. The molecule has 1 atom stereocenters. The van der Waals surface area contributed by atoms with Crippen LogP contribution in [-0.2, 0) is 23.9 Å². The first-order chi connectivity index (χ1) is 9.01. The largest absolute Gasteiger partial charge is 0.465 e. The van der Waals surface area contributed by atoms with Crippen molar-refractivity contribution >= 4 is 23.9 Å². The quantitative estimate of drug-likeness (QED) is 0.202. The topological polar surface area (TPSA) is 118 Å². The third-order valence-corrected chi connectivity index (χ3v) is 2.06. The number of carbonyl (C=O) groups is 3. The average molecular weight is 271 g/mol. The third-order valence-electron chi connectivity index (χ3n) is 2.06. The molecule has 0 saturated heterocycles. The molecule has 0 bridgehead atoms. The van der Waals surface area contributed by atoms with Gasteiger partial charge in [0.2, 0.25) is 5.78 Å². The zero-order valence-corrected chi connectivity index (χ0v) is 10.9. The monoisotopic (exact) mass is 271 g/mol. The maximum atomic E-state index is 11.6. The first-order valence-electron chi connectivity index (χ1n) is 5.74. The predicted molar refractivity (Wildman–Crippen MR) is 64.1 cm³/mol. The molecule has 0 aromatic rings. The Balaban J connectivity index is 4.32. The van der Waals surface area contributed by atoms with Crippen LogP contribution >= 0.6 is 0 Å². The Hall–Kier alpha value is -2.05. The number of nitrogens with one attached hydrogen (secondary N) is 1. The number of hydrogen-bond acceptors (Lipinski definition) is 6. The van der Waals surface area contributed by atoms with Crippen molar-refractivity contribution in [3.63, 3.8) is 0 Å². The van der Waals surface area contributed by atoms with Crippen LogP contribution in [0.25, 0.3) is 5.53 Å². The molecule has 0 aliphatic heterocycles. The highest BCUT2D eigenvalue weighted by molar-refractivity contribution is 6.25. The van der Waals surface area contributed by atoms with Gasteiger partial charge in [-0.1, -0.05) is 0 Å². The molecule has 0 aliphatic carbocycles. The number of Topliss-reactive ketones (excluding diaryl/α,β-unsaturated/α-hetero) is 1. The number of carbonyl (C=O) groups excluding carboxylic acids is 3. The van der Waals surface area contributed by atoms with Gasteiger partial charge in [-0.15, -0.1) is 0 Å². The minimum Gasteiger partial charge on any atom is -0.465 e. The molecular formula is C11H17N3O5. The van der Waals surface area contributed by atoms with E-state index in [0.29, 0.717) is 0 Å². The summed E-state index contributed by atoms with van der Waals surface area (Å²) in [7, 11) is 0. The standard InChI is InChI=1S/C11H17N3O5/c1-3-18-11(17)10(13-7-19-8(2)15)5-4-9(16)6-14-12/h6,10,13H,3-5,7H2,1-2H3. The Morgan fingerprint density at radius 1 is 1.37 bits per heavy atom. The molecule has 0 fully saturated rings. The Morgan fingerprint density at radius 2 is 2.05 bits per heavy atom. The molecule has 0 radical (unpaired) electrons. The van der Waals surface area contributed by atoms with Crippen LogP contribution in [0.3, 0.4) is 0 Å². The van der Waals surface area contributed by atoms with Crippen molar-refractivity contribution in [1.29, 1.82) is 0 Å². The first kappa shape index (κ1) is 16.9. The molecular weight excluding hydrogens is 254 g/mol. The van der Waals surface area contributed by atoms with Gasteiger partial charge in [-0.05, 0) is 13.3 Å². The van der Waals surface area contributed by atoms with Crippen molar-refractivity contribution in [3.8, 4) is 0 Å². The molecule has 8 heteroatoms. The summed E-state index contributed by atoms with van der Waals surface area (Å²) in [6.45, 7) is 2.95. The molecule has 106 valence electrons. The Kier molecular flexibility index (Phi) is 8.86. The van der Waals surface area contributed by atoms with E-state index in [1.165, 1.54) is 6.92 Å². The average Bonchev–Trinajstić information content (AvgIpc) is 2.33. The van der Waals surface area contributed by atoms with Crippen molar-refractivity contribution in [1.82, 2.24) is 5.32 Å². The molecule has 0 saturated carbocycles. The zero-order valence-electron chi connectivity index (χ0n) is 10.9. The van der Waals surface area contributed by atoms with Gasteiger partial charge in [-0.2, -0.15) is 4.79 Å². The number of ketones is 1. The lowest BCUT2D eigenvalue weighted by molar-refractivity contribution is -0.149. The van der Waals surface area contributed by atoms with Gasteiger partial charge >= 0.3 is 18.2 Å². The summed E-state index contributed by atoms with van der Waals surface area (Å²) in [6.07, 6.45) is 0.903. The third kappa shape index (κ3) is 8.64. The number of hydrogen-bond donors (Lipinski definition) is 1. The van der Waals surface area contributed by atoms with Gasteiger partial charge < -0.3 is 15.0 Å². The summed E-state index contributed by atoms with van der Waals surface area (Å²) in [5, 5.41) is 2.66. The van der Waals surface area contributed by atoms with Crippen LogP contribution in [0, 0.1) is 0 Å². The number of rotatable bonds is 9. The molecule has 0 heterocycles. The fraction of sp³-hybridized carbons (Fsp3) is 0.636. The van der Waals surface area contributed by atoms with Gasteiger partial charge in [-0.3, -0.25) is 19.7 Å². The van der Waals surface area contributed by atoms with Gasteiger partial charge in [0.15, 0.2) is 0 Å². The van der Waals surface area contributed by atoms with Crippen LogP contribution in [0.5, 0.6) is 0 Å². The van der Waals surface area contributed by atoms with Crippen LogP contribution in [0.2, 0.25) is 0 Å². The Labute approximate surface area is 110 Å². The summed E-state index contributed by atoms with van der Waals surface area (Å²) in [4.78, 5) is 35.9. The summed E-state index contributed by atoms with van der Waals surface area (Å²) in [5.41, 5.74) is 8.18. The van der Waals surface area contributed by atoms with E-state index in [9.17, 15) is 14.4 Å². The minimum absolute atomic E-state index is 0.000608. The highest BCUT2D eigenvalue weighted by atomic mass is 16.5. The van der Waals surface area contributed by atoms with Crippen molar-refractivity contribution in [2.45, 2.75) is 32.7 Å². The van der Waals surface area contributed by atoms with Crippen LogP contribution < -0.4 is 5.32 Å². The SMILES string of the molecule is CCOC(=O)C(CCC(=O)C=[N+]=[N-])NCOC(C)=O. The van der Waals surface area contributed by atoms with Crippen LogP contribution in [0.1, 0.15) is 26.7 Å². The fourth-order valence-electron chi connectivity index (χ4n) is 1.21. The number of esters is 2. The maximum Gasteiger partial charge on any atom is 0.323 e. The maximum absolute atomic E-state index is 11.6. The van der Waals surface area contributed by atoms with Crippen molar-refractivity contribution < 1.29 is 28.6 Å². The molecule has 1 N–H and O–H groups in total. The second-order valence-corrected chi connectivity index (χ2v) is 3.54. The van der Waals surface area contributed by atoms with Crippen LogP contribution in [0.15, 0.2) is 0 Å². The van der Waals surface area contributed by atoms with Gasteiger partial charge in [0.25, 0.3) is 0 Å². The lowest BCUT2D eigenvalue weighted by Gasteiger charge is -2.16. The van der Waals surface area contributed by atoms with E-state index in [1.807, 2.05) is 0 Å². The van der Waals surface area contributed by atoms with E-state index in [1.54, 1.807) is 6.92 Å². The van der Waals surface area contributed by atoms with E-state index in [0.717, 1.165) is 6.21 Å². The highest BCUT2D eigenvalue weighted by Crippen LogP contribution is 2.01. The van der Waals surface area contributed by atoms with Gasteiger partial charge in [0.1, 0.15) is 12.8 Å². The lowest BCUT2D eigenvalue weighted by atomic mass is 10.1. The summed E-state index contributed by atoms with van der Waals surface area (Å²) in [6, 6.07) is -0.768. The lowest BCUT2D eigenvalue weighted by Crippen LogP contribution is -2.40. The second-order valence-electron chi connectivity index (χ2n) is 3.54. The van der Waals surface area contributed by atoms with E-state index in [4.69, 9.17) is 10.3 Å². The van der Waals surface area contributed by atoms with Crippen molar-refractivity contribution in [2.24, 2.45) is 0 Å². The summed E-state index contributed by atoms with van der Waals surface area (Å²) >= 11 is 0. The van der Waals surface area contributed by atoms with Gasteiger partial charge in [0, 0.05) is 13.3 Å².